The lowest BCUT2D eigenvalue weighted by atomic mass is 10.2. The Morgan fingerprint density at radius 3 is 2.70 bits per heavy atom. The van der Waals surface area contributed by atoms with E-state index in [1.165, 1.54) is 0 Å². The smallest absolute Gasteiger partial charge is 0.215 e. The van der Waals surface area contributed by atoms with Gasteiger partial charge in [-0.2, -0.15) is 0 Å². The van der Waals surface area contributed by atoms with Crippen LogP contribution in [0.2, 0.25) is 0 Å². The van der Waals surface area contributed by atoms with E-state index in [9.17, 15) is 8.42 Å². The molecular weight excluding hydrogens is 276 g/mol. The molecule has 20 heavy (non-hydrogen) atoms. The van der Waals surface area contributed by atoms with Crippen LogP contribution in [0.4, 0.5) is 5.69 Å². The van der Waals surface area contributed by atoms with Crippen molar-refractivity contribution in [3.05, 3.63) is 29.8 Å². The molecule has 0 amide bonds. The number of ether oxygens (including phenoxy) is 1. The van der Waals surface area contributed by atoms with E-state index >= 15 is 0 Å². The van der Waals surface area contributed by atoms with Gasteiger partial charge < -0.3 is 10.5 Å². The largest absolute Gasteiger partial charge is 0.399 e. The van der Waals surface area contributed by atoms with Crippen LogP contribution in [-0.2, 0) is 20.5 Å². The Balaban J connectivity index is 2.25. The molecule has 0 aliphatic carbocycles. The third-order valence-corrected chi connectivity index (χ3v) is 4.09. The van der Waals surface area contributed by atoms with Crippen LogP contribution in [0.1, 0.15) is 31.7 Å². The van der Waals surface area contributed by atoms with E-state index < -0.39 is 10.0 Å². The molecule has 0 aliphatic heterocycles. The zero-order valence-corrected chi connectivity index (χ0v) is 12.8. The maximum absolute atomic E-state index is 11.9. The van der Waals surface area contributed by atoms with Gasteiger partial charge >= 0.3 is 0 Å². The Kier molecular flexibility index (Phi) is 7.58. The first-order valence-corrected chi connectivity index (χ1v) is 8.58. The second-order valence-corrected chi connectivity index (χ2v) is 6.52. The number of benzene rings is 1. The molecule has 1 rings (SSSR count). The molecule has 114 valence electrons. The predicted octanol–water partition coefficient (Wildman–Crippen LogP) is 1.89. The number of rotatable bonds is 10. The molecule has 0 aliphatic rings. The summed E-state index contributed by atoms with van der Waals surface area (Å²) in [5, 5.41) is 0. The molecule has 1 aromatic carbocycles. The van der Waals surface area contributed by atoms with Gasteiger partial charge in [0.25, 0.3) is 0 Å². The summed E-state index contributed by atoms with van der Waals surface area (Å²) in [4.78, 5) is 0. The van der Waals surface area contributed by atoms with Gasteiger partial charge in [-0.15, -0.1) is 0 Å². The van der Waals surface area contributed by atoms with E-state index in [1.807, 2.05) is 0 Å². The highest BCUT2D eigenvalue weighted by atomic mass is 32.2. The quantitative estimate of drug-likeness (QED) is 0.511. The molecule has 0 fully saturated rings. The van der Waals surface area contributed by atoms with Gasteiger partial charge in [0.1, 0.15) is 0 Å². The SMILES string of the molecule is CCCCOCCCNS(=O)(=O)Cc1cccc(N)c1. The van der Waals surface area contributed by atoms with Gasteiger partial charge in [-0.1, -0.05) is 25.5 Å². The maximum atomic E-state index is 11.9. The van der Waals surface area contributed by atoms with Gasteiger partial charge in [-0.05, 0) is 30.5 Å². The second-order valence-electron chi connectivity index (χ2n) is 4.72. The lowest BCUT2D eigenvalue weighted by molar-refractivity contribution is 0.130. The molecule has 3 N–H and O–H groups in total. The number of anilines is 1. The van der Waals surface area contributed by atoms with Crippen LogP contribution in [0.15, 0.2) is 24.3 Å². The minimum Gasteiger partial charge on any atom is -0.399 e. The highest BCUT2D eigenvalue weighted by Crippen LogP contribution is 2.09. The van der Waals surface area contributed by atoms with Gasteiger partial charge in [0.2, 0.25) is 10.0 Å². The van der Waals surface area contributed by atoms with Crippen molar-refractivity contribution >= 4 is 15.7 Å². The van der Waals surface area contributed by atoms with Crippen LogP contribution in [0.5, 0.6) is 0 Å². The Bertz CT molecular complexity index is 489. The molecule has 0 heterocycles. The average Bonchev–Trinajstić information content (AvgIpc) is 2.37. The number of nitrogens with two attached hydrogens (primary N) is 1. The molecule has 0 saturated heterocycles. The summed E-state index contributed by atoms with van der Waals surface area (Å²) < 4.78 is 31.6. The van der Waals surface area contributed by atoms with Crippen molar-refractivity contribution in [3.63, 3.8) is 0 Å². The van der Waals surface area contributed by atoms with Crippen LogP contribution < -0.4 is 10.5 Å². The highest BCUT2D eigenvalue weighted by molar-refractivity contribution is 7.88. The normalized spacial score (nSPS) is 11.7. The van der Waals surface area contributed by atoms with E-state index in [2.05, 4.69) is 11.6 Å². The van der Waals surface area contributed by atoms with Crippen LogP contribution in [0.25, 0.3) is 0 Å². The van der Waals surface area contributed by atoms with E-state index in [0.717, 1.165) is 19.4 Å². The van der Waals surface area contributed by atoms with Crippen molar-refractivity contribution in [2.45, 2.75) is 31.9 Å². The first-order valence-electron chi connectivity index (χ1n) is 6.93. The molecule has 0 bridgehead atoms. The van der Waals surface area contributed by atoms with Crippen molar-refractivity contribution in [2.75, 3.05) is 25.5 Å². The summed E-state index contributed by atoms with van der Waals surface area (Å²) in [5.74, 6) is -0.0469. The number of nitrogen functional groups attached to an aromatic ring is 1. The monoisotopic (exact) mass is 300 g/mol. The van der Waals surface area contributed by atoms with E-state index in [-0.39, 0.29) is 5.75 Å². The maximum Gasteiger partial charge on any atom is 0.215 e. The molecule has 0 saturated carbocycles. The topological polar surface area (TPSA) is 81.4 Å². The molecule has 6 heteroatoms. The average molecular weight is 300 g/mol. The number of unbranched alkanes of at least 4 members (excludes halogenated alkanes) is 1. The molecule has 0 unspecified atom stereocenters. The third kappa shape index (κ3) is 7.47. The first-order chi connectivity index (χ1) is 9.53. The molecule has 0 aromatic heterocycles. The van der Waals surface area contributed by atoms with Gasteiger partial charge in [-0.25, -0.2) is 13.1 Å². The Labute approximate surface area is 121 Å². The van der Waals surface area contributed by atoms with Gasteiger partial charge in [0, 0.05) is 25.4 Å². The lowest BCUT2D eigenvalue weighted by Crippen LogP contribution is -2.27. The van der Waals surface area contributed by atoms with Crippen LogP contribution >= 0.6 is 0 Å². The molecule has 0 atom stereocenters. The highest BCUT2D eigenvalue weighted by Gasteiger charge is 2.10. The number of sulfonamides is 1. The third-order valence-electron chi connectivity index (χ3n) is 2.74. The van der Waals surface area contributed by atoms with Gasteiger partial charge in [0.15, 0.2) is 0 Å². The van der Waals surface area contributed by atoms with Crippen molar-refractivity contribution in [3.8, 4) is 0 Å². The summed E-state index contributed by atoms with van der Waals surface area (Å²) in [6.45, 7) is 3.83. The fraction of sp³-hybridized carbons (Fsp3) is 0.571. The van der Waals surface area contributed by atoms with Crippen molar-refractivity contribution < 1.29 is 13.2 Å². The summed E-state index contributed by atoms with van der Waals surface area (Å²) in [7, 11) is -3.31. The molecule has 1 aromatic rings. The molecule has 0 spiro atoms. The number of nitrogens with one attached hydrogen (secondary N) is 1. The summed E-state index contributed by atoms with van der Waals surface area (Å²) >= 11 is 0. The van der Waals surface area contributed by atoms with Gasteiger partial charge in [-0.3, -0.25) is 0 Å². The Morgan fingerprint density at radius 2 is 2.00 bits per heavy atom. The van der Waals surface area contributed by atoms with Crippen LogP contribution in [-0.4, -0.2) is 28.2 Å². The van der Waals surface area contributed by atoms with E-state index in [0.29, 0.717) is 30.8 Å². The van der Waals surface area contributed by atoms with E-state index in [4.69, 9.17) is 10.5 Å². The van der Waals surface area contributed by atoms with Gasteiger partial charge in [0.05, 0.1) is 5.75 Å². The minimum atomic E-state index is -3.31. The zero-order chi connectivity index (χ0) is 14.8. The lowest BCUT2D eigenvalue weighted by Gasteiger charge is -2.07. The van der Waals surface area contributed by atoms with E-state index in [1.54, 1.807) is 24.3 Å². The molecule has 0 radical (unpaired) electrons. The standard InChI is InChI=1S/C14H24N2O3S/c1-2-3-9-19-10-5-8-16-20(17,18)12-13-6-4-7-14(15)11-13/h4,6-7,11,16H,2-3,5,8-10,12,15H2,1H3. The van der Waals surface area contributed by atoms with Crippen molar-refractivity contribution in [2.24, 2.45) is 0 Å². The summed E-state index contributed by atoms with van der Waals surface area (Å²) in [5.41, 5.74) is 6.89. The summed E-state index contributed by atoms with van der Waals surface area (Å²) in [6, 6.07) is 6.91. The van der Waals surface area contributed by atoms with Crippen LogP contribution in [0.3, 0.4) is 0 Å². The Morgan fingerprint density at radius 1 is 1.25 bits per heavy atom. The zero-order valence-electron chi connectivity index (χ0n) is 12.0. The van der Waals surface area contributed by atoms with Crippen molar-refractivity contribution in [1.82, 2.24) is 4.72 Å². The Hall–Kier alpha value is -1.11. The van der Waals surface area contributed by atoms with Crippen LogP contribution in [0, 0.1) is 0 Å². The van der Waals surface area contributed by atoms with Crippen molar-refractivity contribution in [1.29, 1.82) is 0 Å². The fourth-order valence-corrected chi connectivity index (χ4v) is 2.88. The second kappa shape index (κ2) is 8.94. The fourth-order valence-electron chi connectivity index (χ4n) is 1.70. The summed E-state index contributed by atoms with van der Waals surface area (Å²) in [6.07, 6.45) is 2.83. The predicted molar refractivity (Wildman–Crippen MR) is 81.8 cm³/mol. The first kappa shape index (κ1) is 16.9. The molecular formula is C14H24N2O3S. The number of hydrogen-bond acceptors (Lipinski definition) is 4. The molecule has 5 nitrogen and oxygen atoms in total. The minimum absolute atomic E-state index is 0.0469. The number of hydrogen-bond donors (Lipinski definition) is 2.